The molecule has 0 unspecified atom stereocenters. The molecule has 0 aliphatic carbocycles. The van der Waals surface area contributed by atoms with Gasteiger partial charge in [-0.25, -0.2) is 18.3 Å². The molecule has 0 bridgehead atoms. The Labute approximate surface area is 184 Å². The lowest BCUT2D eigenvalue weighted by atomic mass is 10.3. The second-order valence-electron chi connectivity index (χ2n) is 6.53. The van der Waals surface area contributed by atoms with E-state index in [1.54, 1.807) is 22.9 Å². The quantitative estimate of drug-likeness (QED) is 0.418. The zero-order chi connectivity index (χ0) is 22.1. The average Bonchev–Trinajstić information content (AvgIpc) is 3.30. The van der Waals surface area contributed by atoms with Gasteiger partial charge >= 0.3 is 5.97 Å². The Hall–Kier alpha value is -3.30. The van der Waals surface area contributed by atoms with Crippen LogP contribution < -0.4 is 5.32 Å². The van der Waals surface area contributed by atoms with Crippen LogP contribution >= 0.6 is 22.9 Å². The molecule has 0 spiro atoms. The molecule has 0 aliphatic heterocycles. The number of para-hydroxylation sites is 1. The van der Waals surface area contributed by atoms with Gasteiger partial charge in [0.05, 0.1) is 22.1 Å². The molecule has 0 saturated carbocycles. The number of hydrogen-bond donors (Lipinski definition) is 1. The van der Waals surface area contributed by atoms with Crippen molar-refractivity contribution in [3.63, 3.8) is 0 Å². The number of carbonyl (C=O) groups is 2. The number of anilines is 1. The molecule has 2 heterocycles. The van der Waals surface area contributed by atoms with Gasteiger partial charge in [-0.3, -0.25) is 4.79 Å². The molecule has 2 aromatic carbocycles. The molecule has 10 heteroatoms. The van der Waals surface area contributed by atoms with E-state index in [4.69, 9.17) is 16.3 Å². The fourth-order valence-electron chi connectivity index (χ4n) is 2.91. The Morgan fingerprint density at radius 2 is 1.97 bits per heavy atom. The van der Waals surface area contributed by atoms with Crippen LogP contribution in [0.2, 0.25) is 5.02 Å². The molecule has 0 fully saturated rings. The van der Waals surface area contributed by atoms with Crippen molar-refractivity contribution < 1.29 is 23.1 Å². The van der Waals surface area contributed by atoms with Crippen LogP contribution in [-0.2, 0) is 9.53 Å². The highest BCUT2D eigenvalue weighted by Gasteiger charge is 2.20. The largest absolute Gasteiger partial charge is 0.451 e. The first kappa shape index (κ1) is 21.0. The molecule has 0 aliphatic rings. The molecular weight excluding hydrogens is 448 g/mol. The summed E-state index contributed by atoms with van der Waals surface area (Å²) >= 11 is 7.42. The number of thiophene rings is 1. The van der Waals surface area contributed by atoms with Gasteiger partial charge in [-0.1, -0.05) is 23.7 Å². The van der Waals surface area contributed by atoms with Crippen LogP contribution in [0.4, 0.5) is 14.5 Å². The summed E-state index contributed by atoms with van der Waals surface area (Å²) in [7, 11) is 0. The normalized spacial score (nSPS) is 11.0. The fourth-order valence-corrected chi connectivity index (χ4v) is 4.20. The number of nitrogens with zero attached hydrogens (tertiary/aromatic N) is 2. The Balaban J connectivity index is 1.49. The molecule has 31 heavy (non-hydrogen) atoms. The van der Waals surface area contributed by atoms with E-state index in [0.29, 0.717) is 27.3 Å². The number of carbonyl (C=O) groups excluding carboxylic acids is 2. The molecule has 0 atom stereocenters. The standard InChI is InChI=1S/C21H14ClF2N3O3S/c1-11-13-9-18(31-20(13)27(26-11)17-5-3-2-4-14(17)22)21(29)30-10-19(28)25-16-7-6-12(23)8-15(16)24/h2-9H,10H2,1H3,(H,25,28). The van der Waals surface area contributed by atoms with E-state index in [9.17, 15) is 18.4 Å². The highest BCUT2D eigenvalue weighted by atomic mass is 35.5. The molecule has 1 amide bonds. The van der Waals surface area contributed by atoms with E-state index in [1.165, 1.54) is 0 Å². The van der Waals surface area contributed by atoms with Crippen molar-refractivity contribution >= 4 is 50.7 Å². The lowest BCUT2D eigenvalue weighted by Crippen LogP contribution is -2.21. The third-order valence-electron chi connectivity index (χ3n) is 4.37. The second kappa shape index (κ2) is 8.44. The van der Waals surface area contributed by atoms with E-state index in [-0.39, 0.29) is 10.6 Å². The van der Waals surface area contributed by atoms with E-state index in [1.807, 2.05) is 19.1 Å². The molecule has 2 aromatic heterocycles. The maximum Gasteiger partial charge on any atom is 0.348 e. The zero-order valence-corrected chi connectivity index (χ0v) is 17.6. The first-order chi connectivity index (χ1) is 14.8. The summed E-state index contributed by atoms with van der Waals surface area (Å²) in [4.78, 5) is 25.4. The van der Waals surface area contributed by atoms with Crippen molar-refractivity contribution in [3.8, 4) is 5.69 Å². The topological polar surface area (TPSA) is 73.2 Å². The number of esters is 1. The number of aromatic nitrogens is 2. The number of halogens is 3. The second-order valence-corrected chi connectivity index (χ2v) is 7.96. The maximum absolute atomic E-state index is 13.6. The number of fused-ring (bicyclic) bond motifs is 1. The molecular formula is C21H14ClF2N3O3S. The number of hydrogen-bond acceptors (Lipinski definition) is 5. The first-order valence-electron chi connectivity index (χ1n) is 8.99. The summed E-state index contributed by atoms with van der Waals surface area (Å²) < 4.78 is 33.3. The lowest BCUT2D eigenvalue weighted by molar-refractivity contribution is -0.119. The predicted octanol–water partition coefficient (Wildman–Crippen LogP) is 5.12. The van der Waals surface area contributed by atoms with Crippen molar-refractivity contribution in [2.24, 2.45) is 0 Å². The number of aryl methyl sites for hydroxylation is 1. The number of amides is 1. The van der Waals surface area contributed by atoms with Crippen molar-refractivity contribution in [2.45, 2.75) is 6.92 Å². The van der Waals surface area contributed by atoms with Gasteiger partial charge in [0.2, 0.25) is 0 Å². The zero-order valence-electron chi connectivity index (χ0n) is 16.0. The molecule has 4 aromatic rings. The minimum absolute atomic E-state index is 0.209. The van der Waals surface area contributed by atoms with E-state index < -0.39 is 30.1 Å². The number of nitrogens with one attached hydrogen (secondary N) is 1. The molecule has 4 rings (SSSR count). The highest BCUT2D eigenvalue weighted by molar-refractivity contribution is 7.20. The predicted molar refractivity (Wildman–Crippen MR) is 114 cm³/mol. The maximum atomic E-state index is 13.6. The minimum Gasteiger partial charge on any atom is -0.451 e. The summed E-state index contributed by atoms with van der Waals surface area (Å²) in [5.74, 6) is -3.15. The van der Waals surface area contributed by atoms with Crippen LogP contribution in [0, 0.1) is 18.6 Å². The fraction of sp³-hybridized carbons (Fsp3) is 0.0952. The van der Waals surface area contributed by atoms with Crippen LogP contribution in [0.3, 0.4) is 0 Å². The van der Waals surface area contributed by atoms with Crippen molar-refractivity contribution in [1.29, 1.82) is 0 Å². The molecule has 0 radical (unpaired) electrons. The average molecular weight is 462 g/mol. The van der Waals surface area contributed by atoms with Gasteiger partial charge in [-0.2, -0.15) is 5.10 Å². The Morgan fingerprint density at radius 1 is 1.19 bits per heavy atom. The Bertz CT molecular complexity index is 1320. The van der Waals surface area contributed by atoms with Crippen LogP contribution in [-0.4, -0.2) is 28.3 Å². The van der Waals surface area contributed by atoms with Crippen LogP contribution in [0.25, 0.3) is 15.9 Å². The number of benzene rings is 2. The van der Waals surface area contributed by atoms with Gasteiger partial charge in [0.15, 0.2) is 6.61 Å². The van der Waals surface area contributed by atoms with E-state index in [2.05, 4.69) is 10.4 Å². The highest BCUT2D eigenvalue weighted by Crippen LogP contribution is 2.32. The van der Waals surface area contributed by atoms with Gasteiger partial charge in [0.25, 0.3) is 5.91 Å². The van der Waals surface area contributed by atoms with E-state index >= 15 is 0 Å². The van der Waals surface area contributed by atoms with Gasteiger partial charge in [0, 0.05) is 11.5 Å². The summed E-state index contributed by atoms with van der Waals surface area (Å²) in [6, 6.07) is 11.6. The van der Waals surface area contributed by atoms with Gasteiger partial charge in [0.1, 0.15) is 21.3 Å². The SMILES string of the molecule is Cc1nn(-c2ccccc2Cl)c2sc(C(=O)OCC(=O)Nc3ccc(F)cc3F)cc12. The first-order valence-corrected chi connectivity index (χ1v) is 10.2. The van der Waals surface area contributed by atoms with Crippen molar-refractivity contribution in [3.05, 3.63) is 75.8 Å². The number of ether oxygens (including phenoxy) is 1. The molecule has 0 saturated heterocycles. The van der Waals surface area contributed by atoms with Crippen LogP contribution in [0.5, 0.6) is 0 Å². The monoisotopic (exact) mass is 461 g/mol. The molecule has 6 nitrogen and oxygen atoms in total. The summed E-state index contributed by atoms with van der Waals surface area (Å²) in [6.07, 6.45) is 0. The summed E-state index contributed by atoms with van der Waals surface area (Å²) in [5, 5.41) is 7.98. The van der Waals surface area contributed by atoms with E-state index in [0.717, 1.165) is 28.9 Å². The lowest BCUT2D eigenvalue weighted by Gasteiger charge is -2.07. The van der Waals surface area contributed by atoms with Crippen molar-refractivity contribution in [2.75, 3.05) is 11.9 Å². The van der Waals surface area contributed by atoms with Gasteiger partial charge in [-0.05, 0) is 37.3 Å². The van der Waals surface area contributed by atoms with Gasteiger partial charge in [-0.15, -0.1) is 11.3 Å². The Kier molecular flexibility index (Phi) is 5.71. The third kappa shape index (κ3) is 4.28. The minimum atomic E-state index is -0.927. The van der Waals surface area contributed by atoms with Crippen molar-refractivity contribution in [1.82, 2.24) is 9.78 Å². The smallest absolute Gasteiger partial charge is 0.348 e. The van der Waals surface area contributed by atoms with Crippen LogP contribution in [0.1, 0.15) is 15.4 Å². The third-order valence-corrected chi connectivity index (χ3v) is 5.78. The van der Waals surface area contributed by atoms with Crippen LogP contribution in [0.15, 0.2) is 48.5 Å². The molecule has 158 valence electrons. The van der Waals surface area contributed by atoms with Gasteiger partial charge < -0.3 is 10.1 Å². The summed E-state index contributed by atoms with van der Waals surface area (Å²) in [6.45, 7) is 1.18. The molecule has 1 N–H and O–H groups in total. The number of rotatable bonds is 5. The Morgan fingerprint density at radius 3 is 2.71 bits per heavy atom. The summed E-state index contributed by atoms with van der Waals surface area (Å²) in [5.41, 5.74) is 1.17.